The molecule has 0 bridgehead atoms. The third-order valence-electron chi connectivity index (χ3n) is 4.55. The maximum atomic E-state index is 13.0. The number of ether oxygens (including phenoxy) is 1. The zero-order valence-electron chi connectivity index (χ0n) is 17.3. The minimum atomic E-state index is -0.564. The lowest BCUT2D eigenvalue weighted by atomic mass is 10.1. The highest BCUT2D eigenvalue weighted by Gasteiger charge is 2.28. The molecular formula is C23H29ClN2O3. The van der Waals surface area contributed by atoms with E-state index in [-0.39, 0.29) is 18.4 Å². The van der Waals surface area contributed by atoms with Crippen molar-refractivity contribution in [3.05, 3.63) is 64.7 Å². The number of benzene rings is 2. The maximum Gasteiger partial charge on any atom is 0.261 e. The van der Waals surface area contributed by atoms with E-state index in [2.05, 4.69) is 5.32 Å². The number of nitrogens with zero attached hydrogens (tertiary/aromatic N) is 1. The zero-order valence-corrected chi connectivity index (χ0v) is 18.0. The van der Waals surface area contributed by atoms with Crippen molar-refractivity contribution >= 4 is 23.4 Å². The van der Waals surface area contributed by atoms with E-state index in [1.165, 1.54) is 0 Å². The number of halogens is 1. The van der Waals surface area contributed by atoms with Gasteiger partial charge in [-0.15, -0.1) is 0 Å². The summed E-state index contributed by atoms with van der Waals surface area (Å²) in [6, 6.07) is 14.3. The summed E-state index contributed by atoms with van der Waals surface area (Å²) >= 11 is 5.97. The topological polar surface area (TPSA) is 58.6 Å². The molecule has 0 aliphatic heterocycles. The van der Waals surface area contributed by atoms with E-state index in [9.17, 15) is 9.59 Å². The second kappa shape index (κ2) is 11.5. The van der Waals surface area contributed by atoms with Crippen LogP contribution in [-0.4, -0.2) is 35.9 Å². The quantitative estimate of drug-likeness (QED) is 0.626. The standard InChI is InChI=1S/C23H29ClN2O3/c1-4-13-25-23(28)21(5-2)26(15-18-9-11-19(24)12-10-18)22(27)16-29-20-8-6-7-17(3)14-20/h6-12,14,21H,4-5,13,15-16H2,1-3H3,(H,25,28)/t21-/m1/s1. The van der Waals surface area contributed by atoms with Crippen LogP contribution < -0.4 is 10.1 Å². The van der Waals surface area contributed by atoms with Crippen LogP contribution in [0.2, 0.25) is 5.02 Å². The SMILES string of the molecule is CCCNC(=O)[C@@H](CC)N(Cc1ccc(Cl)cc1)C(=O)COc1cccc(C)c1. The fraction of sp³-hybridized carbons (Fsp3) is 0.391. The Morgan fingerprint density at radius 3 is 2.48 bits per heavy atom. The first-order chi connectivity index (χ1) is 13.9. The summed E-state index contributed by atoms with van der Waals surface area (Å²) in [5.41, 5.74) is 1.96. The maximum absolute atomic E-state index is 13.0. The van der Waals surface area contributed by atoms with Crippen LogP contribution in [-0.2, 0) is 16.1 Å². The number of rotatable bonds is 10. The van der Waals surface area contributed by atoms with Crippen molar-refractivity contribution in [1.82, 2.24) is 10.2 Å². The van der Waals surface area contributed by atoms with E-state index in [0.29, 0.717) is 30.3 Å². The van der Waals surface area contributed by atoms with Crippen molar-refractivity contribution in [2.45, 2.75) is 46.2 Å². The van der Waals surface area contributed by atoms with Crippen molar-refractivity contribution in [2.24, 2.45) is 0 Å². The third kappa shape index (κ3) is 7.09. The first kappa shape index (κ1) is 22.8. The van der Waals surface area contributed by atoms with Crippen molar-refractivity contribution in [3.8, 4) is 5.75 Å². The molecule has 6 heteroatoms. The van der Waals surface area contributed by atoms with E-state index in [0.717, 1.165) is 17.5 Å². The monoisotopic (exact) mass is 416 g/mol. The Balaban J connectivity index is 2.17. The van der Waals surface area contributed by atoms with Gasteiger partial charge in [-0.3, -0.25) is 9.59 Å². The first-order valence-corrected chi connectivity index (χ1v) is 10.3. The van der Waals surface area contributed by atoms with Gasteiger partial charge in [-0.1, -0.05) is 49.7 Å². The highest BCUT2D eigenvalue weighted by molar-refractivity contribution is 6.30. The smallest absolute Gasteiger partial charge is 0.261 e. The summed E-state index contributed by atoms with van der Waals surface area (Å²) in [6.07, 6.45) is 1.35. The number of hydrogen-bond acceptors (Lipinski definition) is 3. The first-order valence-electron chi connectivity index (χ1n) is 9.95. The average Bonchev–Trinajstić information content (AvgIpc) is 2.71. The Labute approximate surface area is 178 Å². The Morgan fingerprint density at radius 1 is 1.14 bits per heavy atom. The van der Waals surface area contributed by atoms with Crippen LogP contribution in [0.25, 0.3) is 0 Å². The molecule has 2 rings (SSSR count). The van der Waals surface area contributed by atoms with Gasteiger partial charge in [-0.25, -0.2) is 0 Å². The summed E-state index contributed by atoms with van der Waals surface area (Å²) in [4.78, 5) is 27.3. The van der Waals surface area contributed by atoms with Crippen LogP contribution in [0.5, 0.6) is 5.75 Å². The van der Waals surface area contributed by atoms with Gasteiger partial charge in [-0.05, 0) is 55.2 Å². The molecule has 1 N–H and O–H groups in total. The molecule has 0 fully saturated rings. The van der Waals surface area contributed by atoms with E-state index < -0.39 is 6.04 Å². The normalized spacial score (nSPS) is 11.6. The molecule has 2 aromatic carbocycles. The van der Waals surface area contributed by atoms with Crippen LogP contribution >= 0.6 is 11.6 Å². The van der Waals surface area contributed by atoms with Gasteiger partial charge in [0.25, 0.3) is 5.91 Å². The third-order valence-corrected chi connectivity index (χ3v) is 4.81. The molecule has 2 amide bonds. The van der Waals surface area contributed by atoms with Gasteiger partial charge >= 0.3 is 0 Å². The lowest BCUT2D eigenvalue weighted by molar-refractivity contribution is -0.143. The summed E-state index contributed by atoms with van der Waals surface area (Å²) in [7, 11) is 0. The second-order valence-corrected chi connectivity index (χ2v) is 7.40. The Hall–Kier alpha value is -2.53. The average molecular weight is 417 g/mol. The van der Waals surface area contributed by atoms with Gasteiger partial charge in [0.05, 0.1) is 0 Å². The Kier molecular flexibility index (Phi) is 9.00. The van der Waals surface area contributed by atoms with Crippen molar-refractivity contribution in [1.29, 1.82) is 0 Å². The molecule has 5 nitrogen and oxygen atoms in total. The molecule has 0 heterocycles. The fourth-order valence-corrected chi connectivity index (χ4v) is 3.13. The molecule has 0 aliphatic carbocycles. The van der Waals surface area contributed by atoms with Crippen LogP contribution in [0, 0.1) is 6.92 Å². The van der Waals surface area contributed by atoms with Gasteiger partial charge in [0.15, 0.2) is 6.61 Å². The molecule has 156 valence electrons. The van der Waals surface area contributed by atoms with Crippen LogP contribution in [0.3, 0.4) is 0 Å². The molecule has 0 aliphatic rings. The van der Waals surface area contributed by atoms with Crippen molar-refractivity contribution < 1.29 is 14.3 Å². The van der Waals surface area contributed by atoms with E-state index in [4.69, 9.17) is 16.3 Å². The van der Waals surface area contributed by atoms with Crippen molar-refractivity contribution in [2.75, 3.05) is 13.2 Å². The number of nitrogens with one attached hydrogen (secondary N) is 1. The van der Waals surface area contributed by atoms with Gasteiger partial charge in [0.2, 0.25) is 5.91 Å². The highest BCUT2D eigenvalue weighted by Crippen LogP contribution is 2.17. The molecule has 2 aromatic rings. The number of amides is 2. The molecule has 0 unspecified atom stereocenters. The molecule has 0 aromatic heterocycles. The van der Waals surface area contributed by atoms with Gasteiger partial charge in [-0.2, -0.15) is 0 Å². The van der Waals surface area contributed by atoms with Crippen molar-refractivity contribution in [3.63, 3.8) is 0 Å². The minimum absolute atomic E-state index is 0.130. The minimum Gasteiger partial charge on any atom is -0.484 e. The summed E-state index contributed by atoms with van der Waals surface area (Å²) < 4.78 is 5.70. The van der Waals surface area contributed by atoms with Crippen LogP contribution in [0.4, 0.5) is 0 Å². The number of carbonyl (C=O) groups is 2. The molecule has 0 saturated carbocycles. The van der Waals surface area contributed by atoms with Gasteiger partial charge in [0.1, 0.15) is 11.8 Å². The predicted octanol–water partition coefficient (Wildman–Crippen LogP) is 4.36. The fourth-order valence-electron chi connectivity index (χ4n) is 3.01. The predicted molar refractivity (Wildman–Crippen MR) is 116 cm³/mol. The molecule has 29 heavy (non-hydrogen) atoms. The van der Waals surface area contributed by atoms with Crippen LogP contribution in [0.1, 0.15) is 37.8 Å². The lowest BCUT2D eigenvalue weighted by Crippen LogP contribution is -2.50. The molecular weight excluding hydrogens is 388 g/mol. The molecule has 1 atom stereocenters. The summed E-state index contributed by atoms with van der Waals surface area (Å²) in [5.74, 6) is 0.250. The molecule has 0 saturated heterocycles. The second-order valence-electron chi connectivity index (χ2n) is 6.97. The highest BCUT2D eigenvalue weighted by atomic mass is 35.5. The Morgan fingerprint density at radius 2 is 1.86 bits per heavy atom. The molecule has 0 spiro atoms. The van der Waals surface area contributed by atoms with E-state index in [1.54, 1.807) is 17.0 Å². The number of carbonyl (C=O) groups excluding carboxylic acids is 2. The summed E-state index contributed by atoms with van der Waals surface area (Å²) in [5, 5.41) is 3.53. The lowest BCUT2D eigenvalue weighted by Gasteiger charge is -2.30. The summed E-state index contributed by atoms with van der Waals surface area (Å²) in [6.45, 7) is 6.62. The number of aryl methyl sites for hydroxylation is 1. The van der Waals surface area contributed by atoms with Gasteiger partial charge in [0, 0.05) is 18.1 Å². The molecule has 0 radical (unpaired) electrons. The Bertz CT molecular complexity index is 808. The van der Waals surface area contributed by atoms with E-state index in [1.807, 2.05) is 57.2 Å². The number of hydrogen-bond donors (Lipinski definition) is 1. The van der Waals surface area contributed by atoms with Crippen LogP contribution in [0.15, 0.2) is 48.5 Å². The largest absolute Gasteiger partial charge is 0.484 e. The van der Waals surface area contributed by atoms with E-state index >= 15 is 0 Å². The van der Waals surface area contributed by atoms with Gasteiger partial charge < -0.3 is 15.0 Å². The zero-order chi connectivity index (χ0) is 21.2.